The Balaban J connectivity index is 1.73. The number of aromatic nitrogens is 1. The van der Waals surface area contributed by atoms with Crippen molar-refractivity contribution in [3.63, 3.8) is 0 Å². The molecular weight excluding hydrogens is 366 g/mol. The third kappa shape index (κ3) is 3.98. The van der Waals surface area contributed by atoms with Crippen molar-refractivity contribution in [2.75, 3.05) is 5.32 Å². The Hall–Kier alpha value is -3.75. The molecule has 28 heavy (non-hydrogen) atoms. The van der Waals surface area contributed by atoms with Crippen LogP contribution in [0.2, 0.25) is 0 Å². The van der Waals surface area contributed by atoms with Crippen LogP contribution in [0.5, 0.6) is 0 Å². The van der Waals surface area contributed by atoms with Gasteiger partial charge in [-0.2, -0.15) is 0 Å². The van der Waals surface area contributed by atoms with Gasteiger partial charge < -0.3 is 14.5 Å². The van der Waals surface area contributed by atoms with Gasteiger partial charge in [0, 0.05) is 12.1 Å². The summed E-state index contributed by atoms with van der Waals surface area (Å²) in [6, 6.07) is 8.77. The minimum Gasteiger partial charge on any atom is -0.449 e. The van der Waals surface area contributed by atoms with E-state index in [4.69, 9.17) is 9.15 Å². The van der Waals surface area contributed by atoms with E-state index in [2.05, 4.69) is 10.3 Å². The molecule has 3 aromatic rings. The average molecular weight is 383 g/mol. The molecule has 0 spiro atoms. The van der Waals surface area contributed by atoms with Gasteiger partial charge >= 0.3 is 5.97 Å². The van der Waals surface area contributed by atoms with Crippen LogP contribution < -0.4 is 5.32 Å². The van der Waals surface area contributed by atoms with Crippen LogP contribution in [0.4, 0.5) is 11.4 Å². The van der Waals surface area contributed by atoms with Crippen molar-refractivity contribution in [3.05, 3.63) is 64.0 Å². The number of ether oxygens (including phenoxy) is 1. The van der Waals surface area contributed by atoms with Crippen LogP contribution in [0, 0.1) is 17.0 Å². The van der Waals surface area contributed by atoms with Gasteiger partial charge in [-0.3, -0.25) is 14.9 Å². The van der Waals surface area contributed by atoms with Gasteiger partial charge in [0.05, 0.1) is 16.2 Å². The van der Waals surface area contributed by atoms with Gasteiger partial charge in [0.15, 0.2) is 18.1 Å². The standard InChI is InChI=1S/C19H17N3O6/c1-3-16(18(23)21-14-9-13(22(25)26)6-4-11(14)2)28-19(24)12-5-7-17-15(8-12)20-10-27-17/h4-10,16H,3H2,1-2H3,(H,21,23). The predicted molar refractivity (Wildman–Crippen MR) is 100.0 cm³/mol. The van der Waals surface area contributed by atoms with Crippen LogP contribution in [0.25, 0.3) is 11.1 Å². The van der Waals surface area contributed by atoms with E-state index in [0.717, 1.165) is 0 Å². The molecule has 0 radical (unpaired) electrons. The van der Waals surface area contributed by atoms with E-state index in [9.17, 15) is 19.7 Å². The summed E-state index contributed by atoms with van der Waals surface area (Å²) in [5, 5.41) is 13.5. The van der Waals surface area contributed by atoms with Crippen molar-refractivity contribution >= 4 is 34.4 Å². The summed E-state index contributed by atoms with van der Waals surface area (Å²) in [6.07, 6.45) is 0.445. The first-order chi connectivity index (χ1) is 13.4. The van der Waals surface area contributed by atoms with Crippen molar-refractivity contribution in [2.45, 2.75) is 26.4 Å². The molecule has 0 bridgehead atoms. The molecule has 1 N–H and O–H groups in total. The zero-order valence-electron chi connectivity index (χ0n) is 15.2. The van der Waals surface area contributed by atoms with E-state index in [1.165, 1.54) is 36.7 Å². The number of nitro benzene ring substituents is 1. The molecule has 0 fully saturated rings. The smallest absolute Gasteiger partial charge is 0.338 e. The van der Waals surface area contributed by atoms with E-state index in [1.54, 1.807) is 19.9 Å². The number of hydrogen-bond donors (Lipinski definition) is 1. The van der Waals surface area contributed by atoms with Crippen molar-refractivity contribution in [1.29, 1.82) is 0 Å². The molecule has 9 nitrogen and oxygen atoms in total. The highest BCUT2D eigenvalue weighted by molar-refractivity contribution is 5.99. The molecule has 0 aliphatic rings. The summed E-state index contributed by atoms with van der Waals surface area (Å²) in [4.78, 5) is 39.3. The first-order valence-corrected chi connectivity index (χ1v) is 8.49. The quantitative estimate of drug-likeness (QED) is 0.391. The van der Waals surface area contributed by atoms with Crippen LogP contribution in [-0.2, 0) is 9.53 Å². The lowest BCUT2D eigenvalue weighted by molar-refractivity contribution is -0.384. The van der Waals surface area contributed by atoms with Crippen molar-refractivity contribution in [3.8, 4) is 0 Å². The Morgan fingerprint density at radius 2 is 2.07 bits per heavy atom. The van der Waals surface area contributed by atoms with Crippen molar-refractivity contribution in [1.82, 2.24) is 4.98 Å². The van der Waals surface area contributed by atoms with Crippen LogP contribution >= 0.6 is 0 Å². The van der Waals surface area contributed by atoms with Gasteiger partial charge in [0.2, 0.25) is 0 Å². The number of non-ortho nitro benzene ring substituents is 1. The molecule has 0 aliphatic carbocycles. The molecule has 0 saturated carbocycles. The number of nitrogens with zero attached hydrogens (tertiary/aromatic N) is 2. The Morgan fingerprint density at radius 1 is 1.29 bits per heavy atom. The van der Waals surface area contributed by atoms with Gasteiger partial charge in [0.1, 0.15) is 5.52 Å². The first kappa shape index (κ1) is 19.0. The van der Waals surface area contributed by atoms with Crippen molar-refractivity contribution in [2.24, 2.45) is 0 Å². The Bertz CT molecular complexity index is 1060. The number of rotatable bonds is 6. The lowest BCUT2D eigenvalue weighted by Gasteiger charge is -2.17. The van der Waals surface area contributed by atoms with Gasteiger partial charge in [0.25, 0.3) is 11.6 Å². The highest BCUT2D eigenvalue weighted by Gasteiger charge is 2.23. The first-order valence-electron chi connectivity index (χ1n) is 8.49. The molecule has 0 saturated heterocycles. The number of carbonyl (C=O) groups excluding carboxylic acids is 2. The lowest BCUT2D eigenvalue weighted by atomic mass is 10.1. The van der Waals surface area contributed by atoms with E-state index in [-0.39, 0.29) is 23.4 Å². The second kappa shape index (κ2) is 7.87. The van der Waals surface area contributed by atoms with E-state index in [1.807, 2.05) is 0 Å². The molecule has 1 aromatic heterocycles. The number of nitro groups is 1. The summed E-state index contributed by atoms with van der Waals surface area (Å²) >= 11 is 0. The SMILES string of the molecule is CCC(OC(=O)c1ccc2ocnc2c1)C(=O)Nc1cc([N+](=O)[O-])ccc1C. The number of aryl methyl sites for hydroxylation is 1. The summed E-state index contributed by atoms with van der Waals surface area (Å²) < 4.78 is 10.4. The van der Waals surface area contributed by atoms with Gasteiger partial charge in [-0.05, 0) is 37.1 Å². The fourth-order valence-electron chi connectivity index (χ4n) is 2.58. The number of amides is 1. The zero-order chi connectivity index (χ0) is 20.3. The number of oxazole rings is 1. The number of carbonyl (C=O) groups is 2. The highest BCUT2D eigenvalue weighted by atomic mass is 16.6. The molecule has 1 heterocycles. The van der Waals surface area contributed by atoms with E-state index >= 15 is 0 Å². The zero-order valence-corrected chi connectivity index (χ0v) is 15.2. The lowest BCUT2D eigenvalue weighted by Crippen LogP contribution is -2.32. The fraction of sp³-hybridized carbons (Fsp3) is 0.211. The molecule has 0 aliphatic heterocycles. The van der Waals surface area contributed by atoms with Gasteiger partial charge in [-0.15, -0.1) is 0 Å². The third-order valence-corrected chi connectivity index (χ3v) is 4.17. The number of anilines is 1. The second-order valence-corrected chi connectivity index (χ2v) is 6.08. The van der Waals surface area contributed by atoms with Crippen molar-refractivity contribution < 1.29 is 23.7 Å². The average Bonchev–Trinajstić information content (AvgIpc) is 3.15. The normalized spacial score (nSPS) is 11.8. The second-order valence-electron chi connectivity index (χ2n) is 6.08. The molecule has 144 valence electrons. The maximum atomic E-state index is 12.5. The minimum atomic E-state index is -1.06. The molecular formula is C19H17N3O6. The van der Waals surface area contributed by atoms with Crippen LogP contribution in [0.3, 0.4) is 0 Å². The summed E-state index contributed by atoms with van der Waals surface area (Å²) in [5.74, 6) is -1.25. The monoisotopic (exact) mass is 383 g/mol. The third-order valence-electron chi connectivity index (χ3n) is 4.17. The summed E-state index contributed by atoms with van der Waals surface area (Å²) in [6.45, 7) is 3.40. The molecule has 1 amide bonds. The fourth-order valence-corrected chi connectivity index (χ4v) is 2.58. The van der Waals surface area contributed by atoms with Gasteiger partial charge in [-0.1, -0.05) is 13.0 Å². The maximum absolute atomic E-state index is 12.5. The highest BCUT2D eigenvalue weighted by Crippen LogP contribution is 2.23. The number of esters is 1. The van der Waals surface area contributed by atoms with Gasteiger partial charge in [-0.25, -0.2) is 9.78 Å². The minimum absolute atomic E-state index is 0.146. The number of fused-ring (bicyclic) bond motifs is 1. The molecule has 2 aromatic carbocycles. The molecule has 3 rings (SSSR count). The number of benzene rings is 2. The predicted octanol–water partition coefficient (Wildman–Crippen LogP) is 3.62. The Labute approximate surface area is 159 Å². The Morgan fingerprint density at radius 3 is 2.79 bits per heavy atom. The summed E-state index contributed by atoms with van der Waals surface area (Å²) in [7, 11) is 0. The molecule has 9 heteroatoms. The topological polar surface area (TPSA) is 125 Å². The summed E-state index contributed by atoms with van der Waals surface area (Å²) in [5.41, 5.74) is 2.06. The Kier molecular flexibility index (Phi) is 5.35. The van der Waals surface area contributed by atoms with E-state index < -0.39 is 22.9 Å². The van der Waals surface area contributed by atoms with E-state index in [0.29, 0.717) is 16.7 Å². The number of hydrogen-bond acceptors (Lipinski definition) is 7. The maximum Gasteiger partial charge on any atom is 0.338 e. The van der Waals surface area contributed by atoms with Crippen LogP contribution in [-0.4, -0.2) is 27.9 Å². The van der Waals surface area contributed by atoms with Crippen LogP contribution in [0.1, 0.15) is 29.3 Å². The van der Waals surface area contributed by atoms with Crippen LogP contribution in [0.15, 0.2) is 47.2 Å². The molecule has 1 atom stereocenters. The molecule has 1 unspecified atom stereocenters. The number of nitrogens with one attached hydrogen (secondary N) is 1. The largest absolute Gasteiger partial charge is 0.449 e.